The number of urea groups is 1. The number of amides is 2. The van der Waals surface area contributed by atoms with Crippen molar-refractivity contribution in [2.24, 2.45) is 5.10 Å². The first-order valence-electron chi connectivity index (χ1n) is 10.2. The van der Waals surface area contributed by atoms with Crippen molar-refractivity contribution in [3.8, 4) is 11.5 Å². The highest BCUT2D eigenvalue weighted by molar-refractivity contribution is 5.90. The highest BCUT2D eigenvalue weighted by atomic mass is 16.5. The molecule has 2 N–H and O–H groups in total. The number of carbonyl (C=O) groups excluding carboxylic acids is 1. The SMILES string of the molecule is Cc1ccc(OCCCOc2ccccc2/C=N\NC(=O)Nc2ccccc2)c(C)c1. The largest absolute Gasteiger partial charge is 0.493 e. The van der Waals surface area contributed by atoms with Crippen LogP contribution in [0.1, 0.15) is 23.1 Å². The van der Waals surface area contributed by atoms with Gasteiger partial charge in [0.1, 0.15) is 11.5 Å². The van der Waals surface area contributed by atoms with E-state index in [0.717, 1.165) is 23.3 Å². The Balaban J connectivity index is 1.44. The summed E-state index contributed by atoms with van der Waals surface area (Å²) in [6.45, 7) is 5.19. The van der Waals surface area contributed by atoms with Crippen LogP contribution in [0.15, 0.2) is 77.9 Å². The van der Waals surface area contributed by atoms with Crippen LogP contribution in [-0.4, -0.2) is 25.5 Å². The smallest absolute Gasteiger partial charge is 0.339 e. The quantitative estimate of drug-likeness (QED) is 0.282. The zero-order valence-corrected chi connectivity index (χ0v) is 17.8. The predicted molar refractivity (Wildman–Crippen MR) is 124 cm³/mol. The monoisotopic (exact) mass is 417 g/mol. The molecule has 3 rings (SSSR count). The molecule has 0 aliphatic rings. The highest BCUT2D eigenvalue weighted by Gasteiger charge is 2.03. The fourth-order valence-corrected chi connectivity index (χ4v) is 2.94. The topological polar surface area (TPSA) is 72.0 Å². The van der Waals surface area contributed by atoms with Crippen LogP contribution >= 0.6 is 0 Å². The minimum Gasteiger partial charge on any atom is -0.493 e. The van der Waals surface area contributed by atoms with Crippen molar-refractivity contribution >= 4 is 17.9 Å². The number of rotatable bonds is 9. The van der Waals surface area contributed by atoms with Crippen molar-refractivity contribution in [1.29, 1.82) is 0 Å². The van der Waals surface area contributed by atoms with Gasteiger partial charge in [0.25, 0.3) is 0 Å². The Labute approximate surface area is 182 Å². The van der Waals surface area contributed by atoms with Crippen molar-refractivity contribution in [1.82, 2.24) is 5.43 Å². The maximum Gasteiger partial charge on any atom is 0.339 e. The van der Waals surface area contributed by atoms with E-state index >= 15 is 0 Å². The fourth-order valence-electron chi connectivity index (χ4n) is 2.94. The molecule has 3 aromatic carbocycles. The van der Waals surface area contributed by atoms with Crippen molar-refractivity contribution in [3.05, 3.63) is 89.5 Å². The van der Waals surface area contributed by atoms with E-state index in [1.165, 1.54) is 5.56 Å². The Kier molecular flexibility index (Phi) is 8.05. The van der Waals surface area contributed by atoms with Gasteiger partial charge in [-0.25, -0.2) is 10.2 Å². The molecule has 0 spiro atoms. The Bertz CT molecular complexity index is 1020. The van der Waals surface area contributed by atoms with Crippen molar-refractivity contribution < 1.29 is 14.3 Å². The molecule has 160 valence electrons. The van der Waals surface area contributed by atoms with Crippen molar-refractivity contribution in [2.75, 3.05) is 18.5 Å². The molecule has 0 saturated carbocycles. The number of hydrogen-bond acceptors (Lipinski definition) is 4. The second-order valence-corrected chi connectivity index (χ2v) is 7.05. The minimum absolute atomic E-state index is 0.413. The van der Waals surface area contributed by atoms with E-state index in [-0.39, 0.29) is 0 Å². The first kappa shape index (κ1) is 21.9. The molecule has 31 heavy (non-hydrogen) atoms. The van der Waals surface area contributed by atoms with Gasteiger partial charge in [-0.3, -0.25) is 0 Å². The molecule has 0 aliphatic heterocycles. The van der Waals surface area contributed by atoms with Gasteiger partial charge in [0.15, 0.2) is 0 Å². The molecule has 0 heterocycles. The Morgan fingerprint density at radius 3 is 2.39 bits per heavy atom. The number of aryl methyl sites for hydroxylation is 2. The molecule has 0 radical (unpaired) electrons. The lowest BCUT2D eigenvalue weighted by Gasteiger charge is -2.11. The molecule has 3 aromatic rings. The maximum atomic E-state index is 11.9. The summed E-state index contributed by atoms with van der Waals surface area (Å²) in [5.74, 6) is 1.60. The third-order valence-electron chi connectivity index (χ3n) is 4.45. The number of nitrogens with one attached hydrogen (secondary N) is 2. The maximum absolute atomic E-state index is 11.9. The average Bonchev–Trinajstić information content (AvgIpc) is 2.76. The number of benzene rings is 3. The summed E-state index contributed by atoms with van der Waals surface area (Å²) in [7, 11) is 0. The van der Waals surface area contributed by atoms with Crippen LogP contribution < -0.4 is 20.2 Å². The summed E-state index contributed by atoms with van der Waals surface area (Å²) in [6.07, 6.45) is 2.31. The molecular formula is C25H27N3O3. The normalized spacial score (nSPS) is 10.6. The summed E-state index contributed by atoms with van der Waals surface area (Å²) in [5, 5.41) is 6.71. The zero-order valence-electron chi connectivity index (χ0n) is 17.8. The first-order chi connectivity index (χ1) is 15.1. The Hall–Kier alpha value is -3.80. The van der Waals surface area contributed by atoms with E-state index in [1.807, 2.05) is 61.5 Å². The van der Waals surface area contributed by atoms with Crippen LogP contribution in [0.25, 0.3) is 0 Å². The molecule has 0 aromatic heterocycles. The van der Waals surface area contributed by atoms with E-state index < -0.39 is 6.03 Å². The van der Waals surface area contributed by atoms with Gasteiger partial charge >= 0.3 is 6.03 Å². The van der Waals surface area contributed by atoms with E-state index in [1.54, 1.807) is 18.3 Å². The third kappa shape index (κ3) is 7.19. The zero-order chi connectivity index (χ0) is 21.9. The van der Waals surface area contributed by atoms with E-state index in [9.17, 15) is 4.79 Å². The summed E-state index contributed by atoms with van der Waals surface area (Å²) in [6, 6.07) is 22.5. The van der Waals surface area contributed by atoms with Crippen molar-refractivity contribution in [2.45, 2.75) is 20.3 Å². The van der Waals surface area contributed by atoms with Crippen LogP contribution in [0.4, 0.5) is 10.5 Å². The number of para-hydroxylation sites is 2. The second-order valence-electron chi connectivity index (χ2n) is 7.05. The molecule has 0 saturated heterocycles. The predicted octanol–water partition coefficient (Wildman–Crippen LogP) is 5.31. The van der Waals surface area contributed by atoms with Crippen LogP contribution in [0.5, 0.6) is 11.5 Å². The van der Waals surface area contributed by atoms with Crippen LogP contribution in [0.2, 0.25) is 0 Å². The second kappa shape index (κ2) is 11.4. The molecule has 6 heteroatoms. The van der Waals surface area contributed by atoms with Gasteiger partial charge in [0, 0.05) is 17.7 Å². The summed E-state index contributed by atoms with van der Waals surface area (Å²) < 4.78 is 11.7. The summed E-state index contributed by atoms with van der Waals surface area (Å²) >= 11 is 0. The minimum atomic E-state index is -0.413. The lowest BCUT2D eigenvalue weighted by Crippen LogP contribution is -2.24. The Morgan fingerprint density at radius 2 is 1.61 bits per heavy atom. The van der Waals surface area contributed by atoms with Crippen molar-refractivity contribution in [3.63, 3.8) is 0 Å². The van der Waals surface area contributed by atoms with Gasteiger partial charge < -0.3 is 14.8 Å². The number of hydrazone groups is 1. The molecule has 0 aliphatic carbocycles. The van der Waals surface area contributed by atoms with E-state index in [0.29, 0.717) is 24.7 Å². The number of anilines is 1. The summed E-state index contributed by atoms with van der Waals surface area (Å²) in [4.78, 5) is 11.9. The molecule has 6 nitrogen and oxygen atoms in total. The van der Waals surface area contributed by atoms with Crippen LogP contribution in [0.3, 0.4) is 0 Å². The van der Waals surface area contributed by atoms with E-state index in [2.05, 4.69) is 28.8 Å². The third-order valence-corrected chi connectivity index (χ3v) is 4.45. The number of nitrogens with zero attached hydrogens (tertiary/aromatic N) is 1. The van der Waals surface area contributed by atoms with Gasteiger partial charge in [-0.2, -0.15) is 5.10 Å². The average molecular weight is 418 g/mol. The molecule has 0 bridgehead atoms. The Morgan fingerprint density at radius 1 is 0.903 bits per heavy atom. The van der Waals surface area contributed by atoms with E-state index in [4.69, 9.17) is 9.47 Å². The van der Waals surface area contributed by atoms with Gasteiger partial charge in [-0.15, -0.1) is 0 Å². The number of ether oxygens (including phenoxy) is 2. The molecule has 2 amide bonds. The number of hydrogen-bond donors (Lipinski definition) is 2. The highest BCUT2D eigenvalue weighted by Crippen LogP contribution is 2.19. The number of carbonyl (C=O) groups is 1. The van der Waals surface area contributed by atoms with Gasteiger partial charge in [0.2, 0.25) is 0 Å². The lowest BCUT2D eigenvalue weighted by molar-refractivity contribution is 0.246. The molecule has 0 fully saturated rings. The van der Waals surface area contributed by atoms with Gasteiger partial charge in [-0.1, -0.05) is 48.0 Å². The fraction of sp³-hybridized carbons (Fsp3) is 0.200. The molecule has 0 atom stereocenters. The van der Waals surface area contributed by atoms with Gasteiger partial charge in [-0.05, 0) is 49.7 Å². The lowest BCUT2D eigenvalue weighted by atomic mass is 10.1. The molecular weight excluding hydrogens is 390 g/mol. The first-order valence-corrected chi connectivity index (χ1v) is 10.2. The standard InChI is InChI=1S/C25H27N3O3/c1-19-13-14-23(20(2)17-19)30-15-8-16-31-24-12-7-6-9-21(24)18-26-28-25(29)27-22-10-4-3-5-11-22/h3-7,9-14,17-18H,8,15-16H2,1-2H3,(H2,27,28,29)/b26-18-. The van der Waals surface area contributed by atoms with Crippen LogP contribution in [0, 0.1) is 13.8 Å². The molecule has 0 unspecified atom stereocenters. The summed E-state index contributed by atoms with van der Waals surface area (Å²) in [5.41, 5.74) is 6.28. The van der Waals surface area contributed by atoms with Crippen LogP contribution in [-0.2, 0) is 0 Å². The van der Waals surface area contributed by atoms with Gasteiger partial charge in [0.05, 0.1) is 19.4 Å².